The molecule has 0 aliphatic rings. The van der Waals surface area contributed by atoms with Crippen LogP contribution in [0.25, 0.3) is 11.0 Å². The van der Waals surface area contributed by atoms with Crippen molar-refractivity contribution in [2.75, 3.05) is 5.32 Å². The highest BCUT2D eigenvalue weighted by Crippen LogP contribution is 2.23. The van der Waals surface area contributed by atoms with Gasteiger partial charge in [0.05, 0.1) is 18.2 Å². The van der Waals surface area contributed by atoms with E-state index in [1.54, 1.807) is 12.5 Å². The Kier molecular flexibility index (Phi) is 3.02. The van der Waals surface area contributed by atoms with E-state index in [1.807, 2.05) is 23.5 Å². The quantitative estimate of drug-likeness (QED) is 0.766. The molecule has 1 N–H and O–H groups in total. The summed E-state index contributed by atoms with van der Waals surface area (Å²) in [4.78, 5) is 7.10. The van der Waals surface area contributed by atoms with Crippen molar-refractivity contribution in [1.29, 1.82) is 0 Å². The van der Waals surface area contributed by atoms with Gasteiger partial charge in [0.15, 0.2) is 0 Å². The van der Waals surface area contributed by atoms with Crippen LogP contribution >= 0.6 is 11.3 Å². The molecular weight excluding hydrogens is 244 g/mol. The monoisotopic (exact) mass is 258 g/mol. The lowest BCUT2D eigenvalue weighted by Gasteiger charge is -2.04. The number of hydrogen-bond acceptors (Lipinski definition) is 4. The zero-order valence-electron chi connectivity index (χ0n) is 10.1. The Morgan fingerprint density at radius 2 is 2.11 bits per heavy atom. The Balaban J connectivity index is 1.78. The van der Waals surface area contributed by atoms with Gasteiger partial charge in [-0.2, -0.15) is 0 Å². The highest BCUT2D eigenvalue weighted by Gasteiger charge is 2.05. The number of nitrogens with zero attached hydrogens (tertiary/aromatic N) is 1. The summed E-state index contributed by atoms with van der Waals surface area (Å²) in [5, 5.41) is 4.40. The zero-order valence-corrected chi connectivity index (χ0v) is 11.0. The van der Waals surface area contributed by atoms with Crippen molar-refractivity contribution in [3.05, 3.63) is 46.5 Å². The van der Waals surface area contributed by atoms with E-state index in [4.69, 9.17) is 4.42 Å². The summed E-state index contributed by atoms with van der Waals surface area (Å²) in [6.07, 6.45) is 4.55. The van der Waals surface area contributed by atoms with E-state index in [2.05, 4.69) is 29.4 Å². The van der Waals surface area contributed by atoms with Crippen LogP contribution in [-0.4, -0.2) is 4.98 Å². The fourth-order valence-corrected chi connectivity index (χ4v) is 2.81. The normalized spacial score (nSPS) is 10.9. The number of pyridine rings is 1. The summed E-state index contributed by atoms with van der Waals surface area (Å²) in [6.45, 7) is 2.98. The van der Waals surface area contributed by atoms with Gasteiger partial charge in [-0.05, 0) is 30.7 Å². The molecule has 3 heterocycles. The number of thiophene rings is 1. The van der Waals surface area contributed by atoms with E-state index in [0.717, 1.165) is 29.8 Å². The molecule has 0 radical (unpaired) electrons. The smallest absolute Gasteiger partial charge is 0.139 e. The van der Waals surface area contributed by atoms with Gasteiger partial charge in [0.1, 0.15) is 11.4 Å². The summed E-state index contributed by atoms with van der Waals surface area (Å²) in [7, 11) is 0. The van der Waals surface area contributed by atoms with Crippen molar-refractivity contribution in [3.8, 4) is 0 Å². The summed E-state index contributed by atoms with van der Waals surface area (Å²) < 4.78 is 5.35. The van der Waals surface area contributed by atoms with Gasteiger partial charge in [0.2, 0.25) is 0 Å². The number of nitrogens with one attached hydrogen (secondary N) is 1. The Morgan fingerprint density at radius 1 is 1.22 bits per heavy atom. The van der Waals surface area contributed by atoms with E-state index in [0.29, 0.717) is 0 Å². The number of furan rings is 1. The second kappa shape index (κ2) is 4.82. The second-order valence-corrected chi connectivity index (χ2v) is 5.32. The van der Waals surface area contributed by atoms with Gasteiger partial charge < -0.3 is 9.73 Å². The van der Waals surface area contributed by atoms with Crippen molar-refractivity contribution in [2.24, 2.45) is 0 Å². The molecule has 0 saturated heterocycles. The second-order valence-electron chi connectivity index (χ2n) is 4.07. The summed E-state index contributed by atoms with van der Waals surface area (Å²) in [5.41, 5.74) is 0.868. The molecule has 0 aliphatic carbocycles. The largest absolute Gasteiger partial charge is 0.464 e. The fraction of sp³-hybridized carbons (Fsp3) is 0.214. The van der Waals surface area contributed by atoms with Gasteiger partial charge in [-0.3, -0.25) is 0 Å². The van der Waals surface area contributed by atoms with Gasteiger partial charge in [0.25, 0.3) is 0 Å². The maximum absolute atomic E-state index is 5.35. The number of rotatable bonds is 4. The average molecular weight is 258 g/mol. The van der Waals surface area contributed by atoms with E-state index >= 15 is 0 Å². The molecule has 0 unspecified atom stereocenters. The van der Waals surface area contributed by atoms with Gasteiger partial charge >= 0.3 is 0 Å². The molecule has 0 atom stereocenters. The van der Waals surface area contributed by atoms with Crippen molar-refractivity contribution in [1.82, 2.24) is 4.98 Å². The van der Waals surface area contributed by atoms with Crippen molar-refractivity contribution < 1.29 is 4.42 Å². The van der Waals surface area contributed by atoms with E-state index < -0.39 is 0 Å². The van der Waals surface area contributed by atoms with E-state index in [9.17, 15) is 0 Å². The summed E-state index contributed by atoms with van der Waals surface area (Å²) in [6, 6.07) is 8.18. The minimum Gasteiger partial charge on any atom is -0.464 e. The highest BCUT2D eigenvalue weighted by molar-refractivity contribution is 7.12. The van der Waals surface area contributed by atoms with Crippen LogP contribution in [-0.2, 0) is 13.0 Å². The van der Waals surface area contributed by atoms with Gasteiger partial charge in [-0.1, -0.05) is 6.92 Å². The molecule has 0 spiro atoms. The van der Waals surface area contributed by atoms with Crippen LogP contribution in [0.3, 0.4) is 0 Å². The number of fused-ring (bicyclic) bond motifs is 1. The Hall–Kier alpha value is -1.81. The lowest BCUT2D eigenvalue weighted by Crippen LogP contribution is -1.99. The van der Waals surface area contributed by atoms with Crippen molar-refractivity contribution >= 4 is 28.1 Å². The van der Waals surface area contributed by atoms with Crippen molar-refractivity contribution in [3.63, 3.8) is 0 Å². The lowest BCUT2D eigenvalue weighted by atomic mass is 10.3. The van der Waals surface area contributed by atoms with Crippen LogP contribution in [0, 0.1) is 0 Å². The Bertz CT molecular complexity index is 656. The standard InChI is InChI=1S/C14H14N2OS/c1-2-10-3-4-11(18-10)9-16-14-12-6-8-17-13(12)5-7-15-14/h3-8H,2,9H2,1H3,(H,15,16). The molecule has 4 heteroatoms. The van der Waals surface area contributed by atoms with E-state index in [1.165, 1.54) is 9.75 Å². The van der Waals surface area contributed by atoms with Crippen LogP contribution in [0.5, 0.6) is 0 Å². The molecule has 0 aromatic carbocycles. The third kappa shape index (κ3) is 2.11. The molecule has 18 heavy (non-hydrogen) atoms. The number of hydrogen-bond donors (Lipinski definition) is 1. The minimum absolute atomic E-state index is 0.808. The van der Waals surface area contributed by atoms with Crippen LogP contribution in [0.2, 0.25) is 0 Å². The maximum atomic E-state index is 5.35. The topological polar surface area (TPSA) is 38.1 Å². The third-order valence-electron chi connectivity index (χ3n) is 2.88. The molecule has 92 valence electrons. The first-order valence-corrected chi connectivity index (χ1v) is 6.82. The summed E-state index contributed by atoms with van der Waals surface area (Å²) >= 11 is 1.85. The number of anilines is 1. The van der Waals surface area contributed by atoms with Gasteiger partial charge in [-0.25, -0.2) is 4.98 Å². The molecule has 0 fully saturated rings. The Labute approximate surface area is 109 Å². The number of aryl methyl sites for hydroxylation is 1. The van der Waals surface area contributed by atoms with Crippen LogP contribution in [0.1, 0.15) is 16.7 Å². The van der Waals surface area contributed by atoms with Crippen LogP contribution in [0.4, 0.5) is 5.82 Å². The molecular formula is C14H14N2OS. The Morgan fingerprint density at radius 3 is 2.94 bits per heavy atom. The molecule has 0 saturated carbocycles. The first-order chi connectivity index (χ1) is 8.86. The molecule has 3 aromatic rings. The molecule has 3 rings (SSSR count). The molecule has 3 aromatic heterocycles. The van der Waals surface area contributed by atoms with Crippen LogP contribution in [0.15, 0.2) is 41.1 Å². The predicted molar refractivity (Wildman–Crippen MR) is 75.0 cm³/mol. The van der Waals surface area contributed by atoms with Crippen LogP contribution < -0.4 is 5.32 Å². The first kappa shape index (κ1) is 11.3. The van der Waals surface area contributed by atoms with E-state index in [-0.39, 0.29) is 0 Å². The highest BCUT2D eigenvalue weighted by atomic mass is 32.1. The molecule has 0 amide bonds. The summed E-state index contributed by atoms with van der Waals surface area (Å²) in [5.74, 6) is 0.882. The fourth-order valence-electron chi connectivity index (χ4n) is 1.91. The molecule has 0 aliphatic heterocycles. The SMILES string of the molecule is CCc1ccc(CNc2nccc3occc23)s1. The molecule has 3 nitrogen and oxygen atoms in total. The average Bonchev–Trinajstić information content (AvgIpc) is 3.05. The molecule has 0 bridgehead atoms. The van der Waals surface area contributed by atoms with Gasteiger partial charge in [-0.15, -0.1) is 11.3 Å². The predicted octanol–water partition coefficient (Wildman–Crippen LogP) is 4.06. The minimum atomic E-state index is 0.808. The zero-order chi connectivity index (χ0) is 12.4. The number of aromatic nitrogens is 1. The maximum Gasteiger partial charge on any atom is 0.139 e. The first-order valence-electron chi connectivity index (χ1n) is 6.00. The third-order valence-corrected chi connectivity index (χ3v) is 4.11. The van der Waals surface area contributed by atoms with Gasteiger partial charge in [0, 0.05) is 16.0 Å². The van der Waals surface area contributed by atoms with Crippen molar-refractivity contribution in [2.45, 2.75) is 19.9 Å². The lowest BCUT2D eigenvalue weighted by molar-refractivity contribution is 0.615.